The molecule has 0 saturated heterocycles. The Hall–Kier alpha value is -2.60. The fraction of sp³-hybridized carbons (Fsp3) is 0.500. The molecule has 0 aliphatic carbocycles. The van der Waals surface area contributed by atoms with Gasteiger partial charge in [-0.2, -0.15) is 65.9 Å². The number of hydrogen-bond donors (Lipinski definition) is 3. The zero-order chi connectivity index (χ0) is 26.5. The van der Waals surface area contributed by atoms with E-state index in [4.69, 9.17) is 0 Å². The minimum Gasteiger partial charge on any atom is -0.319 e. The van der Waals surface area contributed by atoms with Crippen molar-refractivity contribution < 1.29 is 76.5 Å². The van der Waals surface area contributed by atoms with Crippen LogP contribution in [0.3, 0.4) is 0 Å². The van der Waals surface area contributed by atoms with Crippen LogP contribution in [-0.2, 0) is 4.79 Å². The summed E-state index contributed by atoms with van der Waals surface area (Å²) in [7, 11) is 0. The molecule has 0 bridgehead atoms. The highest BCUT2D eigenvalue weighted by atomic mass is 19.4. The van der Waals surface area contributed by atoms with Crippen molar-refractivity contribution in [2.24, 2.45) is 0 Å². The first-order chi connectivity index (χ1) is 14.4. The van der Waals surface area contributed by atoms with E-state index in [1.807, 2.05) is 5.43 Å². The van der Waals surface area contributed by atoms with Gasteiger partial charge < -0.3 is 5.32 Å². The SMILES string of the molecule is [NH3+]Nc1ccccc1NC(=O)C(F)(F)C(F)(F)C(F)(F)C(F)(F)C(F)(F)C(F)(F)C(F)(F)F. The molecular formula is C14H9F15N3O+. The summed E-state index contributed by atoms with van der Waals surface area (Å²) in [4.78, 5) is 11.4. The van der Waals surface area contributed by atoms with Gasteiger partial charge in [0, 0.05) is 0 Å². The summed E-state index contributed by atoms with van der Waals surface area (Å²) in [6.45, 7) is 0. The quantitative estimate of drug-likeness (QED) is 0.348. The van der Waals surface area contributed by atoms with Crippen molar-refractivity contribution >= 4 is 17.3 Å². The predicted octanol–water partition coefficient (Wildman–Crippen LogP) is 4.57. The minimum absolute atomic E-state index is 0.446. The Morgan fingerprint density at radius 3 is 1.36 bits per heavy atom. The van der Waals surface area contributed by atoms with Gasteiger partial charge in [0.15, 0.2) is 0 Å². The Morgan fingerprint density at radius 1 is 0.606 bits per heavy atom. The van der Waals surface area contributed by atoms with Crippen LogP contribution in [-0.4, -0.2) is 47.6 Å². The smallest absolute Gasteiger partial charge is 0.319 e. The van der Waals surface area contributed by atoms with E-state index in [1.165, 1.54) is 0 Å². The number of benzene rings is 1. The zero-order valence-electron chi connectivity index (χ0n) is 15.1. The maximum Gasteiger partial charge on any atom is 0.460 e. The Labute approximate surface area is 171 Å². The van der Waals surface area contributed by atoms with E-state index >= 15 is 0 Å². The summed E-state index contributed by atoms with van der Waals surface area (Å²) < 4.78 is 197. The normalized spacial score (nSPS) is 14.8. The Bertz CT molecular complexity index is 881. The molecule has 0 heterocycles. The van der Waals surface area contributed by atoms with Crippen LogP contribution in [0.1, 0.15) is 0 Å². The summed E-state index contributed by atoms with van der Waals surface area (Å²) >= 11 is 0. The summed E-state index contributed by atoms with van der Waals surface area (Å²) in [5, 5.41) is 0.859. The molecule has 0 radical (unpaired) electrons. The number of para-hydroxylation sites is 2. The molecule has 0 aromatic heterocycles. The maximum atomic E-state index is 13.8. The van der Waals surface area contributed by atoms with Crippen molar-refractivity contribution in [3.8, 4) is 0 Å². The topological polar surface area (TPSA) is 68.8 Å². The van der Waals surface area contributed by atoms with Crippen molar-refractivity contribution in [1.82, 2.24) is 0 Å². The van der Waals surface area contributed by atoms with Crippen LogP contribution >= 0.6 is 0 Å². The van der Waals surface area contributed by atoms with Crippen molar-refractivity contribution in [1.29, 1.82) is 0 Å². The van der Waals surface area contributed by atoms with Gasteiger partial charge in [0.25, 0.3) is 0 Å². The number of halogens is 15. The molecule has 0 fully saturated rings. The second-order valence-corrected chi connectivity index (χ2v) is 6.12. The molecule has 4 nitrogen and oxygen atoms in total. The third kappa shape index (κ3) is 3.99. The minimum atomic E-state index is -8.46. The third-order valence-electron chi connectivity index (χ3n) is 3.98. The van der Waals surface area contributed by atoms with Crippen LogP contribution in [0.25, 0.3) is 0 Å². The molecule has 0 aliphatic rings. The Kier molecular flexibility index (Phi) is 6.90. The van der Waals surface area contributed by atoms with Crippen molar-refractivity contribution in [3.05, 3.63) is 24.3 Å². The largest absolute Gasteiger partial charge is 0.460 e. The molecule has 1 aromatic rings. The van der Waals surface area contributed by atoms with Gasteiger partial charge in [0.2, 0.25) is 0 Å². The molecule has 19 heteroatoms. The second-order valence-electron chi connectivity index (χ2n) is 6.12. The lowest BCUT2D eigenvalue weighted by molar-refractivity contribution is -0.449. The number of hydrogen-bond acceptors (Lipinski definition) is 2. The van der Waals surface area contributed by atoms with Gasteiger partial charge in [-0.15, -0.1) is 0 Å². The number of carbonyl (C=O) groups is 1. The van der Waals surface area contributed by atoms with Crippen molar-refractivity contribution in [2.45, 2.75) is 41.7 Å². The van der Waals surface area contributed by atoms with Crippen molar-refractivity contribution in [2.75, 3.05) is 10.7 Å². The maximum absolute atomic E-state index is 13.8. The molecule has 1 aromatic carbocycles. The zero-order valence-corrected chi connectivity index (χ0v) is 15.1. The number of rotatable bonds is 8. The van der Waals surface area contributed by atoms with Gasteiger partial charge >= 0.3 is 47.6 Å². The lowest BCUT2D eigenvalue weighted by atomic mass is 9.91. The van der Waals surface area contributed by atoms with Crippen LogP contribution in [0.2, 0.25) is 0 Å². The summed E-state index contributed by atoms with van der Waals surface area (Å²) in [5.41, 5.74) is 0.590. The van der Waals surface area contributed by atoms with E-state index in [0.29, 0.717) is 6.07 Å². The van der Waals surface area contributed by atoms with Gasteiger partial charge in [-0.3, -0.25) is 10.6 Å². The standard InChI is InChI=1S/C14H8F15N3O/c15-8(16,7(33)31-5-3-1-2-4-6(5)32-30)9(17,18)10(19,20)11(21,22)12(23,24)13(25,26)14(27,28)29/h1-4,32H,30H2,(H,31,33)/p+1. The first-order valence-corrected chi connectivity index (χ1v) is 7.72. The lowest BCUT2D eigenvalue weighted by Gasteiger charge is -2.41. The van der Waals surface area contributed by atoms with E-state index in [0.717, 1.165) is 23.5 Å². The van der Waals surface area contributed by atoms with Gasteiger partial charge in [-0.1, -0.05) is 12.1 Å². The van der Waals surface area contributed by atoms with Gasteiger partial charge in [-0.05, 0) is 12.1 Å². The molecule has 0 aliphatic heterocycles. The van der Waals surface area contributed by atoms with E-state index in [1.54, 1.807) is 0 Å². The van der Waals surface area contributed by atoms with Gasteiger partial charge in [0.1, 0.15) is 5.69 Å². The van der Waals surface area contributed by atoms with Crippen LogP contribution in [0.15, 0.2) is 24.3 Å². The molecule has 0 saturated carbocycles. The van der Waals surface area contributed by atoms with Gasteiger partial charge in [0.05, 0.1) is 5.69 Å². The van der Waals surface area contributed by atoms with Crippen molar-refractivity contribution in [3.63, 3.8) is 0 Å². The summed E-state index contributed by atoms with van der Waals surface area (Å²) in [6, 6.07) is 3.66. The fourth-order valence-corrected chi connectivity index (χ4v) is 2.06. The fourth-order valence-electron chi connectivity index (χ4n) is 2.06. The molecule has 190 valence electrons. The number of quaternary nitrogens is 1. The molecule has 0 spiro atoms. The number of amides is 1. The molecule has 0 unspecified atom stereocenters. The first kappa shape index (κ1) is 28.4. The molecule has 0 atom stereocenters. The number of anilines is 2. The highest BCUT2D eigenvalue weighted by Gasteiger charge is 2.94. The third-order valence-corrected chi connectivity index (χ3v) is 3.98. The highest BCUT2D eigenvalue weighted by Crippen LogP contribution is 2.62. The lowest BCUT2D eigenvalue weighted by Crippen LogP contribution is -2.73. The predicted molar refractivity (Wildman–Crippen MR) is 77.3 cm³/mol. The monoisotopic (exact) mass is 520 g/mol. The summed E-state index contributed by atoms with van der Waals surface area (Å²) in [5.74, 6) is -48.8. The molecule has 1 amide bonds. The van der Waals surface area contributed by atoms with Crippen LogP contribution in [0.4, 0.5) is 77.2 Å². The summed E-state index contributed by atoms with van der Waals surface area (Å²) in [6.07, 6.45) is -7.70. The van der Waals surface area contributed by atoms with E-state index in [9.17, 15) is 70.7 Å². The molecular weight excluding hydrogens is 511 g/mol. The number of alkyl halides is 15. The second kappa shape index (κ2) is 8.01. The van der Waals surface area contributed by atoms with E-state index in [-0.39, 0.29) is 0 Å². The Morgan fingerprint density at radius 2 is 0.970 bits per heavy atom. The average Bonchev–Trinajstić information content (AvgIpc) is 2.66. The molecule has 1 rings (SSSR count). The van der Waals surface area contributed by atoms with Crippen LogP contribution < -0.4 is 16.6 Å². The van der Waals surface area contributed by atoms with E-state index < -0.39 is 59.0 Å². The number of carbonyl (C=O) groups excluding carboxylic acids is 1. The Balaban J connectivity index is 3.52. The van der Waals surface area contributed by atoms with E-state index in [2.05, 4.69) is 5.84 Å². The average molecular weight is 520 g/mol. The van der Waals surface area contributed by atoms with Crippen LogP contribution in [0.5, 0.6) is 0 Å². The van der Waals surface area contributed by atoms with Crippen LogP contribution in [0, 0.1) is 0 Å². The highest BCUT2D eigenvalue weighted by molar-refractivity contribution is 5.99. The van der Waals surface area contributed by atoms with Gasteiger partial charge in [-0.25, -0.2) is 5.43 Å². The molecule has 5 N–H and O–H groups in total. The number of nitrogens with one attached hydrogen (secondary N) is 2. The first-order valence-electron chi connectivity index (χ1n) is 7.72. The molecule has 33 heavy (non-hydrogen) atoms.